The number of nitrogens with zero attached hydrogens (tertiary/aromatic N) is 3. The molecule has 1 aromatic heterocycles. The highest BCUT2D eigenvalue weighted by molar-refractivity contribution is 6.01. The summed E-state index contributed by atoms with van der Waals surface area (Å²) in [7, 11) is 0. The second-order valence-corrected chi connectivity index (χ2v) is 7.61. The maximum Gasteiger partial charge on any atom is 0.327 e. The zero-order chi connectivity index (χ0) is 21.2. The number of esters is 2. The van der Waals surface area contributed by atoms with E-state index in [9.17, 15) is 29.8 Å². The van der Waals surface area contributed by atoms with Crippen molar-refractivity contribution >= 4 is 23.3 Å². The largest absolute Gasteiger partial charge is 0.459 e. The predicted octanol–water partition coefficient (Wildman–Crippen LogP) is 2.67. The number of aromatic nitrogens is 1. The average molecular weight is 383 g/mol. The summed E-state index contributed by atoms with van der Waals surface area (Å²) in [6.07, 6.45) is 0.726. The van der Waals surface area contributed by atoms with Crippen molar-refractivity contribution in [1.29, 1.82) is 0 Å². The summed E-state index contributed by atoms with van der Waals surface area (Å²) >= 11 is 0. The summed E-state index contributed by atoms with van der Waals surface area (Å²) < 4.78 is 10.3. The van der Waals surface area contributed by atoms with Crippen LogP contribution in [0.3, 0.4) is 0 Å². The van der Waals surface area contributed by atoms with Gasteiger partial charge in [-0.1, -0.05) is 0 Å². The number of rotatable bonds is 5. The van der Waals surface area contributed by atoms with Gasteiger partial charge in [0.25, 0.3) is 11.4 Å². The summed E-state index contributed by atoms with van der Waals surface area (Å²) in [6, 6.07) is 0.629. The molecule has 148 valence electrons. The molecule has 0 spiro atoms. The van der Waals surface area contributed by atoms with Gasteiger partial charge in [-0.25, -0.2) is 4.98 Å². The van der Waals surface area contributed by atoms with Gasteiger partial charge < -0.3 is 9.47 Å². The van der Waals surface area contributed by atoms with E-state index in [4.69, 9.17) is 9.47 Å². The summed E-state index contributed by atoms with van der Waals surface area (Å²) in [4.78, 5) is 49.1. The van der Waals surface area contributed by atoms with Gasteiger partial charge in [0.15, 0.2) is 0 Å². The molecule has 0 bridgehead atoms. The minimum Gasteiger partial charge on any atom is -0.459 e. The Labute approximate surface area is 155 Å². The van der Waals surface area contributed by atoms with Crippen molar-refractivity contribution in [2.24, 2.45) is 0 Å². The molecule has 0 aliphatic rings. The lowest BCUT2D eigenvalue weighted by molar-refractivity contribution is -0.395. The topological polar surface area (TPSA) is 152 Å². The fraction of sp³-hybridized carbons (Fsp3) is 0.562. The van der Waals surface area contributed by atoms with Gasteiger partial charge in [-0.15, -0.1) is 0 Å². The smallest absolute Gasteiger partial charge is 0.327 e. The van der Waals surface area contributed by atoms with E-state index in [1.54, 1.807) is 41.5 Å². The number of pyridine rings is 1. The number of hydrogen-bond acceptors (Lipinski definition) is 9. The minimum absolute atomic E-state index is 0.589. The molecule has 1 heterocycles. The number of ether oxygens (including phenoxy) is 2. The Bertz CT molecular complexity index is 749. The lowest BCUT2D eigenvalue weighted by Crippen LogP contribution is -2.36. The van der Waals surface area contributed by atoms with Gasteiger partial charge in [0.05, 0.1) is 15.9 Å². The molecular formula is C16H21N3O8. The first-order valence-electron chi connectivity index (χ1n) is 7.87. The molecule has 0 atom stereocenters. The van der Waals surface area contributed by atoms with Crippen molar-refractivity contribution < 1.29 is 28.9 Å². The normalized spacial score (nSPS) is 11.8. The first kappa shape index (κ1) is 21.9. The van der Waals surface area contributed by atoms with Crippen LogP contribution in [0.1, 0.15) is 53.2 Å². The Morgan fingerprint density at radius 2 is 1.41 bits per heavy atom. The van der Waals surface area contributed by atoms with E-state index in [1.165, 1.54) is 0 Å². The van der Waals surface area contributed by atoms with E-state index in [2.05, 4.69) is 4.98 Å². The fourth-order valence-corrected chi connectivity index (χ4v) is 1.96. The molecule has 0 radical (unpaired) electrons. The van der Waals surface area contributed by atoms with E-state index in [0.717, 1.165) is 6.20 Å². The second-order valence-electron chi connectivity index (χ2n) is 7.61. The molecule has 0 aromatic carbocycles. The van der Waals surface area contributed by atoms with Gasteiger partial charge in [0.1, 0.15) is 23.1 Å². The van der Waals surface area contributed by atoms with Crippen LogP contribution in [0.5, 0.6) is 0 Å². The molecule has 1 aromatic rings. The van der Waals surface area contributed by atoms with Crippen molar-refractivity contribution in [2.75, 3.05) is 0 Å². The molecule has 0 unspecified atom stereocenters. The van der Waals surface area contributed by atoms with E-state index < -0.39 is 56.0 Å². The van der Waals surface area contributed by atoms with Crippen LogP contribution < -0.4 is 0 Å². The number of carbonyl (C=O) groups excluding carboxylic acids is 2. The van der Waals surface area contributed by atoms with Crippen molar-refractivity contribution in [3.8, 4) is 0 Å². The highest BCUT2D eigenvalue weighted by Crippen LogP contribution is 2.32. The molecule has 0 N–H and O–H groups in total. The molecule has 0 aliphatic carbocycles. The molecule has 0 amide bonds. The number of carbonyl (C=O) groups is 2. The molecule has 0 fully saturated rings. The quantitative estimate of drug-likeness (QED) is 0.323. The van der Waals surface area contributed by atoms with E-state index in [0.29, 0.717) is 6.07 Å². The van der Waals surface area contributed by atoms with Crippen LogP contribution in [-0.2, 0) is 19.1 Å². The molecule has 0 saturated carbocycles. The van der Waals surface area contributed by atoms with Gasteiger partial charge in [-0.05, 0) is 41.5 Å². The van der Waals surface area contributed by atoms with E-state index in [-0.39, 0.29) is 0 Å². The lowest BCUT2D eigenvalue weighted by Gasteiger charge is -2.25. The van der Waals surface area contributed by atoms with Gasteiger partial charge in [0.2, 0.25) is 5.92 Å². The Balaban J connectivity index is 3.54. The summed E-state index contributed by atoms with van der Waals surface area (Å²) in [6.45, 7) is 9.30. The van der Waals surface area contributed by atoms with Crippen LogP contribution >= 0.6 is 0 Å². The van der Waals surface area contributed by atoms with Gasteiger partial charge in [-0.3, -0.25) is 29.8 Å². The van der Waals surface area contributed by atoms with Crippen LogP contribution in [-0.4, -0.2) is 38.0 Å². The summed E-state index contributed by atoms with van der Waals surface area (Å²) in [5, 5.41) is 22.2. The van der Waals surface area contributed by atoms with Crippen molar-refractivity contribution in [2.45, 2.75) is 58.7 Å². The Hall–Kier alpha value is -3.11. The maximum absolute atomic E-state index is 12.6. The van der Waals surface area contributed by atoms with E-state index in [1.807, 2.05) is 0 Å². The zero-order valence-electron chi connectivity index (χ0n) is 15.8. The molecule has 0 aliphatic heterocycles. The van der Waals surface area contributed by atoms with Crippen LogP contribution in [0.25, 0.3) is 0 Å². The maximum atomic E-state index is 12.6. The summed E-state index contributed by atoms with van der Waals surface area (Å²) in [5.41, 5.74) is -4.09. The third-order valence-electron chi connectivity index (χ3n) is 2.85. The second kappa shape index (κ2) is 7.64. The molecular weight excluding hydrogens is 362 g/mol. The monoisotopic (exact) mass is 383 g/mol. The van der Waals surface area contributed by atoms with Crippen LogP contribution in [0, 0.1) is 20.2 Å². The minimum atomic E-state index is -1.87. The lowest BCUT2D eigenvalue weighted by atomic mass is 10.0. The molecule has 11 nitrogen and oxygen atoms in total. The van der Waals surface area contributed by atoms with Gasteiger partial charge in [-0.2, -0.15) is 0 Å². The zero-order valence-corrected chi connectivity index (χ0v) is 15.8. The molecule has 1 rings (SSSR count). The van der Waals surface area contributed by atoms with Gasteiger partial charge >= 0.3 is 11.9 Å². The van der Waals surface area contributed by atoms with E-state index >= 15 is 0 Å². The van der Waals surface area contributed by atoms with Gasteiger partial charge in [0, 0.05) is 0 Å². The fourth-order valence-electron chi connectivity index (χ4n) is 1.96. The Morgan fingerprint density at radius 3 is 1.74 bits per heavy atom. The Morgan fingerprint density at radius 1 is 0.963 bits per heavy atom. The Kier molecular flexibility index (Phi) is 6.21. The summed E-state index contributed by atoms with van der Waals surface area (Å²) in [5.74, 6) is -4.09. The number of nitro groups is 2. The number of hydrogen-bond donors (Lipinski definition) is 0. The van der Waals surface area contributed by atoms with Crippen LogP contribution in [0.2, 0.25) is 0 Å². The van der Waals surface area contributed by atoms with Crippen LogP contribution in [0.4, 0.5) is 11.4 Å². The predicted molar refractivity (Wildman–Crippen MR) is 92.0 cm³/mol. The van der Waals surface area contributed by atoms with Crippen molar-refractivity contribution in [3.05, 3.63) is 38.2 Å². The molecule has 27 heavy (non-hydrogen) atoms. The highest BCUT2D eigenvalue weighted by Gasteiger charge is 2.42. The SMILES string of the molecule is CC(C)(C)OC(=O)C(C(=O)OC(C)(C)C)c1ncc([N+](=O)[O-])cc1[N+](=O)[O-]. The molecule has 0 saturated heterocycles. The van der Waals surface area contributed by atoms with Crippen molar-refractivity contribution in [1.82, 2.24) is 4.98 Å². The average Bonchev–Trinajstić information content (AvgIpc) is 2.43. The van der Waals surface area contributed by atoms with Crippen LogP contribution in [0.15, 0.2) is 12.3 Å². The first-order valence-corrected chi connectivity index (χ1v) is 7.87. The third-order valence-corrected chi connectivity index (χ3v) is 2.85. The third kappa shape index (κ3) is 6.28. The first-order chi connectivity index (χ1) is 12.1. The van der Waals surface area contributed by atoms with Crippen molar-refractivity contribution in [3.63, 3.8) is 0 Å². The standard InChI is InChI=1S/C16H21N3O8/c1-15(2,3)26-13(20)11(14(21)27-16(4,5)6)12-10(19(24)25)7-9(8-17-12)18(22)23/h7-8,11H,1-6H3. The molecule has 11 heteroatoms. The highest BCUT2D eigenvalue weighted by atomic mass is 16.6.